The fourth-order valence-corrected chi connectivity index (χ4v) is 0.862. The predicted molar refractivity (Wildman–Crippen MR) is 73.9 cm³/mol. The first-order valence-corrected chi connectivity index (χ1v) is 5.87. The summed E-state index contributed by atoms with van der Waals surface area (Å²) in [5.41, 5.74) is 1.92. The molecule has 0 fully saturated rings. The van der Waals surface area contributed by atoms with Crippen LogP contribution in [0, 0.1) is 6.92 Å². The molecule has 102 valence electrons. The van der Waals surface area contributed by atoms with E-state index in [0.717, 1.165) is 11.8 Å². The zero-order chi connectivity index (χ0) is 14.4. The van der Waals surface area contributed by atoms with Crippen molar-refractivity contribution in [2.24, 2.45) is 0 Å². The van der Waals surface area contributed by atoms with Gasteiger partial charge in [-0.05, 0) is 14.0 Å². The molecule has 18 heavy (non-hydrogen) atoms. The highest BCUT2D eigenvalue weighted by molar-refractivity contribution is 5.74. The smallest absolute Gasteiger partial charge is 0.319 e. The summed E-state index contributed by atoms with van der Waals surface area (Å²) in [5.74, 6) is -0.234. The highest BCUT2D eigenvalue weighted by Gasteiger charge is 1.91. The summed E-state index contributed by atoms with van der Waals surface area (Å²) in [4.78, 5) is 20.2. The van der Waals surface area contributed by atoms with Crippen LogP contribution in [0.5, 0.6) is 0 Å². The van der Waals surface area contributed by atoms with Crippen molar-refractivity contribution < 1.29 is 14.3 Å². The first-order chi connectivity index (χ1) is 8.63. The Morgan fingerprint density at radius 3 is 2.06 bits per heavy atom. The van der Waals surface area contributed by atoms with Gasteiger partial charge in [-0.2, -0.15) is 0 Å². The van der Waals surface area contributed by atoms with Gasteiger partial charge in [0.05, 0.1) is 13.7 Å². The highest BCUT2D eigenvalue weighted by Crippen LogP contribution is 1.98. The fourth-order valence-electron chi connectivity index (χ4n) is 0.862. The molecule has 0 saturated heterocycles. The summed E-state index contributed by atoms with van der Waals surface area (Å²) in [6.45, 7) is 6.28. The summed E-state index contributed by atoms with van der Waals surface area (Å²) >= 11 is 0. The molecule has 0 aliphatic heterocycles. The number of methoxy groups -OCH3 is 1. The van der Waals surface area contributed by atoms with E-state index >= 15 is 0 Å². The highest BCUT2D eigenvalue weighted by atomic mass is 16.5. The molecule has 4 nitrogen and oxygen atoms in total. The van der Waals surface area contributed by atoms with Crippen molar-refractivity contribution in [3.8, 4) is 0 Å². The summed E-state index contributed by atoms with van der Waals surface area (Å²) in [7, 11) is 3.05. The van der Waals surface area contributed by atoms with Crippen molar-refractivity contribution in [1.82, 2.24) is 5.32 Å². The lowest BCUT2D eigenvalue weighted by Gasteiger charge is -1.93. The Hall–Kier alpha value is -1.68. The number of ether oxygens (including phenoxy) is 1. The van der Waals surface area contributed by atoms with Crippen molar-refractivity contribution in [1.29, 1.82) is 0 Å². The van der Waals surface area contributed by atoms with E-state index in [-0.39, 0.29) is 12.5 Å². The van der Waals surface area contributed by atoms with Gasteiger partial charge in [0.1, 0.15) is 6.29 Å². The molecule has 1 aromatic carbocycles. The topological polar surface area (TPSA) is 55.4 Å². The van der Waals surface area contributed by atoms with Crippen LogP contribution in [0.15, 0.2) is 24.3 Å². The van der Waals surface area contributed by atoms with Gasteiger partial charge < -0.3 is 10.1 Å². The maximum Gasteiger partial charge on any atom is 0.319 e. The minimum absolute atomic E-state index is 0.234. The molecule has 1 aromatic rings. The lowest BCUT2D eigenvalue weighted by Crippen LogP contribution is -2.19. The number of aldehydes is 1. The largest absolute Gasteiger partial charge is 0.468 e. The van der Waals surface area contributed by atoms with Gasteiger partial charge in [0.2, 0.25) is 0 Å². The number of benzene rings is 1. The maximum atomic E-state index is 10.1. The van der Waals surface area contributed by atoms with Crippen molar-refractivity contribution >= 4 is 12.3 Å². The van der Waals surface area contributed by atoms with Gasteiger partial charge in [0.15, 0.2) is 0 Å². The van der Waals surface area contributed by atoms with Crippen LogP contribution in [-0.4, -0.2) is 33.0 Å². The lowest BCUT2D eigenvalue weighted by atomic mass is 10.2. The van der Waals surface area contributed by atoms with Crippen LogP contribution in [0.1, 0.15) is 29.8 Å². The molecule has 1 rings (SSSR count). The number of hydrogen-bond donors (Lipinski definition) is 1. The molecule has 0 spiro atoms. The van der Waals surface area contributed by atoms with Crippen LogP contribution in [0.2, 0.25) is 0 Å². The zero-order valence-electron chi connectivity index (χ0n) is 11.8. The second-order valence-electron chi connectivity index (χ2n) is 3.13. The summed E-state index contributed by atoms with van der Waals surface area (Å²) in [5, 5.41) is 2.64. The Morgan fingerprint density at radius 1 is 1.28 bits per heavy atom. The predicted octanol–water partition coefficient (Wildman–Crippen LogP) is 2.21. The molecular weight excluding hydrogens is 230 g/mol. The summed E-state index contributed by atoms with van der Waals surface area (Å²) < 4.78 is 4.29. The molecule has 0 radical (unpaired) electrons. The normalized spacial score (nSPS) is 8.06. The van der Waals surface area contributed by atoms with Gasteiger partial charge in [-0.25, -0.2) is 0 Å². The number of aryl methyl sites for hydroxylation is 1. The van der Waals surface area contributed by atoms with Crippen LogP contribution in [0.4, 0.5) is 0 Å². The third-order valence-electron chi connectivity index (χ3n) is 1.76. The molecule has 0 heterocycles. The van der Waals surface area contributed by atoms with Crippen molar-refractivity contribution in [3.05, 3.63) is 35.4 Å². The van der Waals surface area contributed by atoms with Gasteiger partial charge in [0, 0.05) is 5.56 Å². The lowest BCUT2D eigenvalue weighted by molar-refractivity contribution is -0.139. The third kappa shape index (κ3) is 10.8. The van der Waals surface area contributed by atoms with E-state index in [9.17, 15) is 9.59 Å². The molecule has 0 unspecified atom stereocenters. The number of carbonyl (C=O) groups excluding carboxylic acids is 2. The van der Waals surface area contributed by atoms with Crippen LogP contribution < -0.4 is 5.32 Å². The first kappa shape index (κ1) is 18.7. The van der Waals surface area contributed by atoms with Crippen LogP contribution in [0.3, 0.4) is 0 Å². The number of esters is 1. The number of hydrogen-bond acceptors (Lipinski definition) is 4. The molecule has 0 saturated carbocycles. The third-order valence-corrected chi connectivity index (χ3v) is 1.76. The standard InChI is InChI=1S/C8H8O.C4H9NO2.C2H6/c1-7-2-4-8(6-9)5-3-7;1-5-3-4(6)7-2;1-2/h2-6H,1H3;5H,3H2,1-2H3;1-2H3. The fraction of sp³-hybridized carbons (Fsp3) is 0.429. The molecule has 0 aliphatic rings. The van der Waals surface area contributed by atoms with Crippen molar-refractivity contribution in [3.63, 3.8) is 0 Å². The van der Waals surface area contributed by atoms with E-state index in [1.807, 2.05) is 45.0 Å². The number of nitrogens with one attached hydrogen (secondary N) is 1. The van der Waals surface area contributed by atoms with Crippen LogP contribution in [-0.2, 0) is 9.53 Å². The van der Waals surface area contributed by atoms with E-state index < -0.39 is 0 Å². The van der Waals surface area contributed by atoms with Gasteiger partial charge >= 0.3 is 5.97 Å². The van der Waals surface area contributed by atoms with Gasteiger partial charge in [0.25, 0.3) is 0 Å². The van der Waals surface area contributed by atoms with Crippen molar-refractivity contribution in [2.45, 2.75) is 20.8 Å². The Morgan fingerprint density at radius 2 is 1.78 bits per heavy atom. The summed E-state index contributed by atoms with van der Waals surface area (Å²) in [6, 6.07) is 7.46. The second-order valence-corrected chi connectivity index (χ2v) is 3.13. The van der Waals surface area contributed by atoms with Gasteiger partial charge in [-0.1, -0.05) is 43.7 Å². The Labute approximate surface area is 109 Å². The van der Waals surface area contributed by atoms with E-state index in [0.29, 0.717) is 0 Å². The Bertz CT molecular complexity index is 320. The molecule has 0 aliphatic carbocycles. The number of likely N-dealkylation sites (N-methyl/N-ethyl adjacent to an activating group) is 1. The monoisotopic (exact) mass is 253 g/mol. The molecular formula is C14H23NO3. The molecule has 0 atom stereocenters. The molecule has 1 N–H and O–H groups in total. The number of carbonyl (C=O) groups is 2. The average Bonchev–Trinajstić information content (AvgIpc) is 2.43. The molecule has 0 bridgehead atoms. The second kappa shape index (κ2) is 13.4. The van der Waals surface area contributed by atoms with E-state index in [4.69, 9.17) is 0 Å². The van der Waals surface area contributed by atoms with Gasteiger partial charge in [-0.15, -0.1) is 0 Å². The average molecular weight is 253 g/mol. The quantitative estimate of drug-likeness (QED) is 0.663. The molecule has 0 aromatic heterocycles. The first-order valence-electron chi connectivity index (χ1n) is 5.87. The van der Waals surface area contributed by atoms with E-state index in [2.05, 4.69) is 10.1 Å². The number of rotatable bonds is 3. The van der Waals surface area contributed by atoms with E-state index in [1.54, 1.807) is 7.05 Å². The maximum absolute atomic E-state index is 10.1. The molecule has 4 heteroatoms. The van der Waals surface area contributed by atoms with Crippen LogP contribution >= 0.6 is 0 Å². The van der Waals surface area contributed by atoms with E-state index in [1.165, 1.54) is 12.7 Å². The minimum atomic E-state index is -0.234. The Kier molecular flexibility index (Phi) is 13.9. The molecule has 0 amide bonds. The minimum Gasteiger partial charge on any atom is -0.468 e. The van der Waals surface area contributed by atoms with Crippen LogP contribution in [0.25, 0.3) is 0 Å². The SMILES string of the molecule is CC.CNCC(=O)OC.Cc1ccc(C=O)cc1. The Balaban J connectivity index is 0. The van der Waals surface area contributed by atoms with Crippen molar-refractivity contribution in [2.75, 3.05) is 20.7 Å². The summed E-state index contributed by atoms with van der Waals surface area (Å²) in [6.07, 6.45) is 0.847. The zero-order valence-corrected chi connectivity index (χ0v) is 11.8. The van der Waals surface area contributed by atoms with Gasteiger partial charge in [-0.3, -0.25) is 9.59 Å².